The number of hydrogen-bond donors (Lipinski definition) is 1. The zero-order chi connectivity index (χ0) is 22.5. The molecule has 8 heteroatoms. The van der Waals surface area contributed by atoms with Crippen LogP contribution in [0.5, 0.6) is 0 Å². The fraction of sp³-hybridized carbons (Fsp3) is 0.348. The summed E-state index contributed by atoms with van der Waals surface area (Å²) in [6.45, 7) is 8.87. The van der Waals surface area contributed by atoms with Crippen LogP contribution in [0.3, 0.4) is 0 Å². The molecule has 0 saturated heterocycles. The molecule has 0 saturated carbocycles. The smallest absolute Gasteiger partial charge is 0.251 e. The van der Waals surface area contributed by atoms with Gasteiger partial charge in [-0.2, -0.15) is 0 Å². The molecule has 1 heterocycles. The van der Waals surface area contributed by atoms with Crippen molar-refractivity contribution >= 4 is 40.9 Å². The third kappa shape index (κ3) is 5.82. The van der Waals surface area contributed by atoms with E-state index in [0.717, 1.165) is 22.1 Å². The molecule has 1 atom stereocenters. The molecule has 0 radical (unpaired) electrons. The minimum absolute atomic E-state index is 0.113. The normalized spacial score (nSPS) is 12.2. The lowest BCUT2D eigenvalue weighted by Gasteiger charge is -2.22. The summed E-state index contributed by atoms with van der Waals surface area (Å²) < 4.78 is 2.06. The summed E-state index contributed by atoms with van der Waals surface area (Å²) in [6.07, 6.45) is 0. The van der Waals surface area contributed by atoms with E-state index in [0.29, 0.717) is 27.9 Å². The van der Waals surface area contributed by atoms with Crippen molar-refractivity contribution in [1.29, 1.82) is 0 Å². The predicted molar refractivity (Wildman–Crippen MR) is 128 cm³/mol. The number of benzene rings is 2. The van der Waals surface area contributed by atoms with Gasteiger partial charge in [-0.1, -0.05) is 72.6 Å². The van der Waals surface area contributed by atoms with E-state index in [2.05, 4.69) is 40.9 Å². The van der Waals surface area contributed by atoms with Crippen molar-refractivity contribution in [3.05, 3.63) is 75.0 Å². The van der Waals surface area contributed by atoms with Crippen LogP contribution in [0.2, 0.25) is 10.0 Å². The lowest BCUT2D eigenvalue weighted by molar-refractivity contribution is 0.0921. The molecule has 31 heavy (non-hydrogen) atoms. The highest BCUT2D eigenvalue weighted by Gasteiger charge is 2.26. The number of carbonyl (C=O) groups excluding carboxylic acids is 1. The number of aromatic nitrogens is 3. The molecule has 5 nitrogen and oxygen atoms in total. The maximum Gasteiger partial charge on any atom is 0.251 e. The summed E-state index contributed by atoms with van der Waals surface area (Å²) in [5.74, 6) is 1.49. The van der Waals surface area contributed by atoms with Crippen molar-refractivity contribution in [2.24, 2.45) is 5.92 Å². The van der Waals surface area contributed by atoms with Crippen LogP contribution in [0.15, 0.2) is 47.6 Å². The van der Waals surface area contributed by atoms with Gasteiger partial charge < -0.3 is 9.88 Å². The first kappa shape index (κ1) is 23.6. The van der Waals surface area contributed by atoms with Crippen LogP contribution in [0.4, 0.5) is 0 Å². The van der Waals surface area contributed by atoms with Crippen LogP contribution in [-0.4, -0.2) is 20.7 Å². The number of thioether (sulfide) groups is 1. The lowest BCUT2D eigenvalue weighted by Crippen LogP contribution is -2.33. The lowest BCUT2D eigenvalue weighted by atomic mass is 10.0. The van der Waals surface area contributed by atoms with E-state index in [1.54, 1.807) is 17.8 Å². The summed E-state index contributed by atoms with van der Waals surface area (Å²) in [5.41, 5.74) is 2.74. The molecule has 1 amide bonds. The minimum atomic E-state index is -0.250. The fourth-order valence-corrected chi connectivity index (χ4v) is 4.52. The predicted octanol–water partition coefficient (Wildman–Crippen LogP) is 6.33. The first-order valence-electron chi connectivity index (χ1n) is 10.2. The third-order valence-electron chi connectivity index (χ3n) is 4.93. The second-order valence-electron chi connectivity index (χ2n) is 7.69. The van der Waals surface area contributed by atoms with Crippen molar-refractivity contribution in [2.45, 2.75) is 51.2 Å². The molecule has 1 N–H and O–H groups in total. The van der Waals surface area contributed by atoms with E-state index in [1.807, 2.05) is 43.3 Å². The summed E-state index contributed by atoms with van der Waals surface area (Å²) in [4.78, 5) is 12.9. The van der Waals surface area contributed by atoms with E-state index in [-0.39, 0.29) is 17.9 Å². The van der Waals surface area contributed by atoms with Gasteiger partial charge in [0.25, 0.3) is 5.91 Å². The molecule has 0 bridgehead atoms. The first-order valence-corrected chi connectivity index (χ1v) is 11.9. The Balaban J connectivity index is 1.80. The van der Waals surface area contributed by atoms with Gasteiger partial charge in [0.05, 0.1) is 16.1 Å². The maximum absolute atomic E-state index is 12.9. The van der Waals surface area contributed by atoms with Gasteiger partial charge in [-0.3, -0.25) is 4.79 Å². The highest BCUT2D eigenvalue weighted by Crippen LogP contribution is 2.29. The molecule has 0 aliphatic rings. The molecule has 0 aliphatic heterocycles. The van der Waals surface area contributed by atoms with E-state index in [1.165, 1.54) is 0 Å². The summed E-state index contributed by atoms with van der Waals surface area (Å²) in [7, 11) is 0. The highest BCUT2D eigenvalue weighted by molar-refractivity contribution is 7.98. The van der Waals surface area contributed by atoms with Gasteiger partial charge in [0, 0.05) is 17.9 Å². The maximum atomic E-state index is 12.9. The van der Waals surface area contributed by atoms with E-state index >= 15 is 0 Å². The van der Waals surface area contributed by atoms with Crippen molar-refractivity contribution in [1.82, 2.24) is 20.1 Å². The van der Waals surface area contributed by atoms with E-state index in [4.69, 9.17) is 23.2 Å². The van der Waals surface area contributed by atoms with Crippen LogP contribution >= 0.6 is 35.0 Å². The fourth-order valence-electron chi connectivity index (χ4n) is 3.25. The number of rotatable bonds is 8. The molecule has 164 valence electrons. The van der Waals surface area contributed by atoms with Gasteiger partial charge in [-0.15, -0.1) is 10.2 Å². The van der Waals surface area contributed by atoms with Crippen molar-refractivity contribution < 1.29 is 4.79 Å². The molecular formula is C23H26Cl2N4OS. The number of amides is 1. The van der Waals surface area contributed by atoms with Crippen LogP contribution < -0.4 is 5.32 Å². The summed E-state index contributed by atoms with van der Waals surface area (Å²) in [5, 5.41) is 13.9. The Hall–Kier alpha value is -2.02. The van der Waals surface area contributed by atoms with E-state index < -0.39 is 0 Å². The van der Waals surface area contributed by atoms with E-state index in [9.17, 15) is 4.79 Å². The summed E-state index contributed by atoms with van der Waals surface area (Å²) in [6, 6.07) is 12.9. The topological polar surface area (TPSA) is 59.8 Å². The molecule has 0 unspecified atom stereocenters. The number of nitrogens with one attached hydrogen (secondary N) is 1. The first-order chi connectivity index (χ1) is 14.8. The Kier molecular flexibility index (Phi) is 8.03. The number of hydrogen-bond acceptors (Lipinski definition) is 4. The van der Waals surface area contributed by atoms with Crippen molar-refractivity contribution in [2.75, 3.05) is 0 Å². The standard InChI is InChI=1S/C23H26Cl2N4OS/c1-5-29-21(20(14(2)3)26-22(30)17-8-6-7-15(4)11-17)27-28-23(29)31-13-16-9-10-18(24)19(25)12-16/h6-12,14,20H,5,13H2,1-4H3,(H,26,30)/t20-/m0/s1. The molecule has 0 fully saturated rings. The van der Waals surface area contributed by atoms with Crippen LogP contribution in [0.1, 0.15) is 54.1 Å². The zero-order valence-corrected chi connectivity index (χ0v) is 20.4. The third-order valence-corrected chi connectivity index (χ3v) is 6.70. The number of carbonyl (C=O) groups is 1. The molecule has 0 aliphatic carbocycles. The van der Waals surface area contributed by atoms with Crippen LogP contribution in [0, 0.1) is 12.8 Å². The molecule has 1 aromatic heterocycles. The van der Waals surface area contributed by atoms with Gasteiger partial charge in [0.15, 0.2) is 11.0 Å². The Morgan fingerprint density at radius 2 is 1.90 bits per heavy atom. The van der Waals surface area contributed by atoms with Gasteiger partial charge in [-0.05, 0) is 49.6 Å². The van der Waals surface area contributed by atoms with Crippen LogP contribution in [0.25, 0.3) is 0 Å². The Morgan fingerprint density at radius 1 is 1.13 bits per heavy atom. The van der Waals surface area contributed by atoms with Gasteiger partial charge in [-0.25, -0.2) is 0 Å². The van der Waals surface area contributed by atoms with Crippen molar-refractivity contribution in [3.63, 3.8) is 0 Å². The molecule has 0 spiro atoms. The van der Waals surface area contributed by atoms with Crippen LogP contribution in [-0.2, 0) is 12.3 Å². The minimum Gasteiger partial charge on any atom is -0.342 e. The Bertz CT molecular complexity index is 1070. The highest BCUT2D eigenvalue weighted by atomic mass is 35.5. The second kappa shape index (κ2) is 10.5. The Labute approximate surface area is 197 Å². The number of nitrogens with zero attached hydrogens (tertiary/aromatic N) is 3. The average Bonchev–Trinajstić information content (AvgIpc) is 3.14. The summed E-state index contributed by atoms with van der Waals surface area (Å²) >= 11 is 13.7. The number of aryl methyl sites for hydroxylation is 1. The van der Waals surface area contributed by atoms with Gasteiger partial charge in [0.2, 0.25) is 0 Å². The zero-order valence-electron chi connectivity index (χ0n) is 18.0. The monoisotopic (exact) mass is 476 g/mol. The SMILES string of the molecule is CCn1c(SCc2ccc(Cl)c(Cl)c2)nnc1[C@@H](NC(=O)c1cccc(C)c1)C(C)C. The van der Waals surface area contributed by atoms with Crippen molar-refractivity contribution in [3.8, 4) is 0 Å². The molecule has 3 rings (SSSR count). The quantitative estimate of drug-likeness (QED) is 0.385. The molecular weight excluding hydrogens is 451 g/mol. The number of halogens is 2. The van der Waals surface area contributed by atoms with Gasteiger partial charge >= 0.3 is 0 Å². The molecule has 2 aromatic carbocycles. The second-order valence-corrected chi connectivity index (χ2v) is 9.44. The largest absolute Gasteiger partial charge is 0.342 e. The molecule has 3 aromatic rings. The Morgan fingerprint density at radius 3 is 2.55 bits per heavy atom. The van der Waals surface area contributed by atoms with Gasteiger partial charge in [0.1, 0.15) is 0 Å². The average molecular weight is 477 g/mol.